The molecule has 1 aliphatic carbocycles. The number of imidazole rings is 1. The van der Waals surface area contributed by atoms with Gasteiger partial charge in [-0.2, -0.15) is 0 Å². The van der Waals surface area contributed by atoms with E-state index in [0.29, 0.717) is 12.5 Å². The van der Waals surface area contributed by atoms with Crippen LogP contribution in [0.5, 0.6) is 0 Å². The van der Waals surface area contributed by atoms with Crippen molar-refractivity contribution < 1.29 is 4.74 Å². The highest BCUT2D eigenvalue weighted by Gasteiger charge is 2.32. The van der Waals surface area contributed by atoms with Gasteiger partial charge in [0.05, 0.1) is 35.9 Å². The molecule has 2 aromatic rings. The molecule has 1 saturated carbocycles. The number of aryl methyl sites for hydroxylation is 2. The number of fused-ring (bicyclic) bond motifs is 1. The molecular formula is C17H24N4OS. The first kappa shape index (κ1) is 15.3. The standard InChI is InChI=1S/C17H24N4OS/c1-12-19-15(10-23-12)9-22-8-14-6-21(5-13-3-4-13)7-16-17(14)20(2)11-18-16/h10-11,13-14H,3-9H2,1-2H3. The smallest absolute Gasteiger partial charge is 0.0949 e. The second-order valence-corrected chi connectivity index (χ2v) is 7.96. The van der Waals surface area contributed by atoms with Gasteiger partial charge in [0.2, 0.25) is 0 Å². The van der Waals surface area contributed by atoms with Gasteiger partial charge in [-0.25, -0.2) is 9.97 Å². The maximum Gasteiger partial charge on any atom is 0.0949 e. The summed E-state index contributed by atoms with van der Waals surface area (Å²) < 4.78 is 8.17. The lowest BCUT2D eigenvalue weighted by Gasteiger charge is -2.32. The first-order valence-corrected chi connectivity index (χ1v) is 9.28. The minimum atomic E-state index is 0.407. The molecular weight excluding hydrogens is 308 g/mol. The Morgan fingerprint density at radius 2 is 2.26 bits per heavy atom. The lowest BCUT2D eigenvalue weighted by atomic mass is 9.98. The van der Waals surface area contributed by atoms with Gasteiger partial charge in [0.1, 0.15) is 0 Å². The van der Waals surface area contributed by atoms with Gasteiger partial charge in [0, 0.05) is 43.7 Å². The highest BCUT2D eigenvalue weighted by molar-refractivity contribution is 7.09. The first-order valence-electron chi connectivity index (χ1n) is 8.40. The van der Waals surface area contributed by atoms with Gasteiger partial charge in [0.15, 0.2) is 0 Å². The van der Waals surface area contributed by atoms with Gasteiger partial charge in [-0.15, -0.1) is 11.3 Å². The average Bonchev–Trinajstić information content (AvgIpc) is 3.12. The third-order valence-electron chi connectivity index (χ3n) is 4.75. The van der Waals surface area contributed by atoms with Crippen LogP contribution in [0.3, 0.4) is 0 Å². The zero-order valence-electron chi connectivity index (χ0n) is 13.9. The summed E-state index contributed by atoms with van der Waals surface area (Å²) in [6.45, 7) is 6.68. The molecule has 0 radical (unpaired) electrons. The van der Waals surface area contributed by atoms with Crippen LogP contribution in [-0.4, -0.2) is 39.1 Å². The molecule has 124 valence electrons. The number of rotatable bonds is 6. The summed E-state index contributed by atoms with van der Waals surface area (Å²) >= 11 is 1.68. The van der Waals surface area contributed by atoms with E-state index in [1.54, 1.807) is 11.3 Å². The highest BCUT2D eigenvalue weighted by Crippen LogP contribution is 2.34. The Kier molecular flexibility index (Phi) is 4.22. The fourth-order valence-electron chi connectivity index (χ4n) is 3.52. The summed E-state index contributed by atoms with van der Waals surface area (Å²) in [7, 11) is 2.10. The predicted octanol–water partition coefficient (Wildman–Crippen LogP) is 2.71. The Balaban J connectivity index is 1.41. The molecule has 0 bridgehead atoms. The third-order valence-corrected chi connectivity index (χ3v) is 5.57. The van der Waals surface area contributed by atoms with Crippen LogP contribution in [0.1, 0.15) is 40.8 Å². The summed E-state index contributed by atoms with van der Waals surface area (Å²) in [5, 5.41) is 3.19. The summed E-state index contributed by atoms with van der Waals surface area (Å²) in [4.78, 5) is 11.6. The van der Waals surface area contributed by atoms with Gasteiger partial charge < -0.3 is 9.30 Å². The van der Waals surface area contributed by atoms with E-state index in [1.807, 2.05) is 13.3 Å². The normalized spacial score (nSPS) is 21.6. The van der Waals surface area contributed by atoms with Crippen LogP contribution in [-0.2, 0) is 24.9 Å². The fraction of sp³-hybridized carbons (Fsp3) is 0.647. The molecule has 1 fully saturated rings. The Hall–Kier alpha value is -1.24. The van der Waals surface area contributed by atoms with Crippen molar-refractivity contribution in [2.75, 3.05) is 19.7 Å². The zero-order valence-corrected chi connectivity index (χ0v) is 14.7. The Morgan fingerprint density at radius 1 is 1.39 bits per heavy atom. The van der Waals surface area contributed by atoms with E-state index in [0.717, 1.165) is 36.3 Å². The van der Waals surface area contributed by atoms with Gasteiger partial charge in [0.25, 0.3) is 0 Å². The van der Waals surface area contributed by atoms with Gasteiger partial charge >= 0.3 is 0 Å². The van der Waals surface area contributed by atoms with Crippen LogP contribution in [0.25, 0.3) is 0 Å². The van der Waals surface area contributed by atoms with Crippen LogP contribution in [0.15, 0.2) is 11.7 Å². The summed E-state index contributed by atoms with van der Waals surface area (Å²) in [6.07, 6.45) is 4.74. The zero-order chi connectivity index (χ0) is 15.8. The maximum absolute atomic E-state index is 6.00. The largest absolute Gasteiger partial charge is 0.374 e. The van der Waals surface area contributed by atoms with E-state index in [-0.39, 0.29) is 0 Å². The lowest BCUT2D eigenvalue weighted by Crippen LogP contribution is -2.37. The van der Waals surface area contributed by atoms with E-state index in [4.69, 9.17) is 4.74 Å². The van der Waals surface area contributed by atoms with Crippen molar-refractivity contribution in [1.29, 1.82) is 0 Å². The molecule has 0 aromatic carbocycles. The van der Waals surface area contributed by atoms with Gasteiger partial charge in [-0.1, -0.05) is 0 Å². The lowest BCUT2D eigenvalue weighted by molar-refractivity contribution is 0.0821. The van der Waals surface area contributed by atoms with Crippen molar-refractivity contribution >= 4 is 11.3 Å². The third kappa shape index (κ3) is 3.49. The van der Waals surface area contributed by atoms with E-state index >= 15 is 0 Å². The fourth-order valence-corrected chi connectivity index (χ4v) is 4.12. The molecule has 1 unspecified atom stereocenters. The second kappa shape index (κ2) is 6.34. The van der Waals surface area contributed by atoms with Crippen LogP contribution in [0.2, 0.25) is 0 Å². The summed E-state index contributed by atoms with van der Waals surface area (Å²) in [5.74, 6) is 1.32. The number of hydrogen-bond donors (Lipinski definition) is 0. The minimum absolute atomic E-state index is 0.407. The SMILES string of the molecule is Cc1nc(COCC2CN(CC3CC3)Cc3ncn(C)c32)cs1. The Labute approximate surface area is 141 Å². The molecule has 1 aliphatic heterocycles. The predicted molar refractivity (Wildman–Crippen MR) is 90.5 cm³/mol. The molecule has 0 N–H and O–H groups in total. The van der Waals surface area contributed by atoms with Crippen molar-refractivity contribution in [3.8, 4) is 0 Å². The minimum Gasteiger partial charge on any atom is -0.374 e. The molecule has 2 aromatic heterocycles. The first-order chi connectivity index (χ1) is 11.2. The van der Waals surface area contributed by atoms with E-state index in [9.17, 15) is 0 Å². The van der Waals surface area contributed by atoms with E-state index in [2.05, 4.69) is 31.9 Å². The number of nitrogens with zero attached hydrogens (tertiary/aromatic N) is 4. The topological polar surface area (TPSA) is 43.2 Å². The van der Waals surface area contributed by atoms with Gasteiger partial charge in [-0.05, 0) is 25.7 Å². The van der Waals surface area contributed by atoms with E-state index in [1.165, 1.54) is 30.8 Å². The molecule has 23 heavy (non-hydrogen) atoms. The molecule has 5 nitrogen and oxygen atoms in total. The maximum atomic E-state index is 6.00. The molecule has 2 aliphatic rings. The summed E-state index contributed by atoms with van der Waals surface area (Å²) in [5.41, 5.74) is 3.63. The monoisotopic (exact) mass is 332 g/mol. The van der Waals surface area contributed by atoms with Crippen LogP contribution in [0, 0.1) is 12.8 Å². The number of thiazole rings is 1. The number of ether oxygens (including phenoxy) is 1. The van der Waals surface area contributed by atoms with Crippen molar-refractivity contribution in [1.82, 2.24) is 19.4 Å². The van der Waals surface area contributed by atoms with Crippen LogP contribution in [0.4, 0.5) is 0 Å². The Bertz CT molecular complexity index is 676. The molecule has 3 heterocycles. The van der Waals surface area contributed by atoms with Crippen molar-refractivity contribution in [3.05, 3.63) is 33.8 Å². The van der Waals surface area contributed by atoms with Crippen molar-refractivity contribution in [2.45, 2.75) is 38.8 Å². The highest BCUT2D eigenvalue weighted by atomic mass is 32.1. The molecule has 0 saturated heterocycles. The molecule has 6 heteroatoms. The number of hydrogen-bond acceptors (Lipinski definition) is 5. The van der Waals surface area contributed by atoms with Crippen LogP contribution >= 0.6 is 11.3 Å². The van der Waals surface area contributed by atoms with Gasteiger partial charge in [-0.3, -0.25) is 4.90 Å². The molecule has 4 rings (SSSR count). The quantitative estimate of drug-likeness (QED) is 0.816. The van der Waals surface area contributed by atoms with Crippen molar-refractivity contribution in [2.24, 2.45) is 13.0 Å². The van der Waals surface area contributed by atoms with Crippen LogP contribution < -0.4 is 0 Å². The van der Waals surface area contributed by atoms with E-state index < -0.39 is 0 Å². The molecule has 0 amide bonds. The Morgan fingerprint density at radius 3 is 3.00 bits per heavy atom. The van der Waals surface area contributed by atoms with Crippen molar-refractivity contribution in [3.63, 3.8) is 0 Å². The average molecular weight is 332 g/mol. The second-order valence-electron chi connectivity index (χ2n) is 6.89. The number of aromatic nitrogens is 3. The summed E-state index contributed by atoms with van der Waals surface area (Å²) in [6, 6.07) is 0. The molecule has 0 spiro atoms. The molecule has 1 atom stereocenters.